The Bertz CT molecular complexity index is 668. The first-order valence-electron chi connectivity index (χ1n) is 6.97. The van der Waals surface area contributed by atoms with Crippen molar-refractivity contribution in [1.29, 1.82) is 0 Å². The van der Waals surface area contributed by atoms with Gasteiger partial charge in [-0.1, -0.05) is 13.0 Å². The number of hydrogen-bond acceptors (Lipinski definition) is 4. The number of anilines is 4. The van der Waals surface area contributed by atoms with Crippen molar-refractivity contribution >= 4 is 34.7 Å². The minimum atomic E-state index is -0.116. The third kappa shape index (κ3) is 4.59. The lowest BCUT2D eigenvalue weighted by Gasteiger charge is -2.09. The van der Waals surface area contributed by atoms with Crippen molar-refractivity contribution in [3.8, 4) is 0 Å². The van der Waals surface area contributed by atoms with E-state index in [1.165, 1.54) is 6.92 Å². The topological polar surface area (TPSA) is 83.1 Å². The highest BCUT2D eigenvalue weighted by molar-refractivity contribution is 5.90. The number of aromatic nitrogens is 1. The Morgan fingerprint density at radius 3 is 2.45 bits per heavy atom. The van der Waals surface area contributed by atoms with Crippen molar-refractivity contribution in [2.45, 2.75) is 20.3 Å². The van der Waals surface area contributed by atoms with Crippen LogP contribution >= 0.6 is 0 Å². The first kappa shape index (κ1) is 15.5. The second-order valence-electron chi connectivity index (χ2n) is 4.72. The smallest absolute Gasteiger partial charge is 0.225 e. The van der Waals surface area contributed by atoms with Crippen LogP contribution < -0.4 is 16.0 Å². The Labute approximate surface area is 129 Å². The molecule has 1 heterocycles. The van der Waals surface area contributed by atoms with Crippen molar-refractivity contribution in [3.63, 3.8) is 0 Å². The summed E-state index contributed by atoms with van der Waals surface area (Å²) < 4.78 is 0. The number of carbonyl (C=O) groups is 2. The standard InChI is InChI=1S/C16H18N4O2/c1-3-16(22)20-15-8-7-14(10-17-15)19-13-6-4-5-12(9-13)18-11(2)21/h4-10,19H,3H2,1-2H3,(H,18,21)(H,17,20,22). The van der Waals surface area contributed by atoms with Gasteiger partial charge in [0.2, 0.25) is 11.8 Å². The van der Waals surface area contributed by atoms with Crippen molar-refractivity contribution in [2.75, 3.05) is 16.0 Å². The lowest BCUT2D eigenvalue weighted by Crippen LogP contribution is -2.10. The summed E-state index contributed by atoms with van der Waals surface area (Å²) in [6.07, 6.45) is 2.05. The van der Waals surface area contributed by atoms with Gasteiger partial charge in [0, 0.05) is 24.7 Å². The van der Waals surface area contributed by atoms with Crippen LogP contribution in [0.3, 0.4) is 0 Å². The molecule has 6 nitrogen and oxygen atoms in total. The molecule has 0 unspecified atom stereocenters. The van der Waals surface area contributed by atoms with Crippen LogP contribution in [0.15, 0.2) is 42.6 Å². The largest absolute Gasteiger partial charge is 0.354 e. The Balaban J connectivity index is 2.04. The van der Waals surface area contributed by atoms with Gasteiger partial charge in [0.05, 0.1) is 11.9 Å². The molecule has 3 N–H and O–H groups in total. The zero-order valence-electron chi connectivity index (χ0n) is 12.5. The summed E-state index contributed by atoms with van der Waals surface area (Å²) >= 11 is 0. The summed E-state index contributed by atoms with van der Waals surface area (Å²) in [6.45, 7) is 3.25. The van der Waals surface area contributed by atoms with Gasteiger partial charge >= 0.3 is 0 Å². The number of carbonyl (C=O) groups excluding carboxylic acids is 2. The maximum absolute atomic E-state index is 11.3. The van der Waals surface area contributed by atoms with Crippen LogP contribution in [-0.4, -0.2) is 16.8 Å². The SMILES string of the molecule is CCC(=O)Nc1ccc(Nc2cccc(NC(C)=O)c2)cn1. The molecule has 0 aliphatic heterocycles. The molecule has 0 bridgehead atoms. The van der Waals surface area contributed by atoms with E-state index in [-0.39, 0.29) is 11.8 Å². The summed E-state index contributed by atoms with van der Waals surface area (Å²) in [7, 11) is 0. The van der Waals surface area contributed by atoms with Gasteiger partial charge in [-0.2, -0.15) is 0 Å². The van der Waals surface area contributed by atoms with E-state index in [0.717, 1.165) is 17.1 Å². The summed E-state index contributed by atoms with van der Waals surface area (Å²) in [5, 5.41) is 8.60. The zero-order valence-corrected chi connectivity index (χ0v) is 12.5. The number of amides is 2. The summed E-state index contributed by atoms with van der Waals surface area (Å²) in [4.78, 5) is 26.5. The first-order valence-corrected chi connectivity index (χ1v) is 6.97. The highest BCUT2D eigenvalue weighted by Crippen LogP contribution is 2.20. The lowest BCUT2D eigenvalue weighted by molar-refractivity contribution is -0.116. The Morgan fingerprint density at radius 2 is 1.82 bits per heavy atom. The van der Waals surface area contributed by atoms with Gasteiger partial charge in [0.1, 0.15) is 5.82 Å². The van der Waals surface area contributed by atoms with Crippen molar-refractivity contribution in [1.82, 2.24) is 4.98 Å². The average molecular weight is 298 g/mol. The van der Waals surface area contributed by atoms with Crippen LogP contribution in [-0.2, 0) is 9.59 Å². The minimum absolute atomic E-state index is 0.0729. The van der Waals surface area contributed by atoms with E-state index in [0.29, 0.717) is 12.2 Å². The van der Waals surface area contributed by atoms with Gasteiger partial charge in [-0.3, -0.25) is 9.59 Å². The maximum Gasteiger partial charge on any atom is 0.225 e. The predicted molar refractivity (Wildman–Crippen MR) is 87.2 cm³/mol. The maximum atomic E-state index is 11.3. The fourth-order valence-electron chi connectivity index (χ4n) is 1.82. The van der Waals surface area contributed by atoms with Crippen molar-refractivity contribution in [2.24, 2.45) is 0 Å². The Morgan fingerprint density at radius 1 is 1.05 bits per heavy atom. The number of rotatable bonds is 5. The molecule has 0 aliphatic carbocycles. The van der Waals surface area contributed by atoms with Gasteiger partial charge in [-0.25, -0.2) is 4.98 Å². The van der Waals surface area contributed by atoms with Gasteiger partial charge in [-0.05, 0) is 30.3 Å². The molecule has 0 atom stereocenters. The van der Waals surface area contributed by atoms with E-state index in [1.807, 2.05) is 30.3 Å². The molecule has 2 aromatic rings. The van der Waals surface area contributed by atoms with E-state index in [1.54, 1.807) is 19.2 Å². The molecule has 0 saturated heterocycles. The monoisotopic (exact) mass is 298 g/mol. The van der Waals surface area contributed by atoms with Crippen molar-refractivity contribution < 1.29 is 9.59 Å². The molecule has 6 heteroatoms. The van der Waals surface area contributed by atoms with Crippen LogP contribution in [0.2, 0.25) is 0 Å². The predicted octanol–water partition coefficient (Wildman–Crippen LogP) is 3.13. The van der Waals surface area contributed by atoms with Crippen LogP contribution in [0.25, 0.3) is 0 Å². The van der Waals surface area contributed by atoms with Crippen LogP contribution in [0.1, 0.15) is 20.3 Å². The molecule has 0 aliphatic rings. The third-order valence-electron chi connectivity index (χ3n) is 2.82. The first-order chi connectivity index (χ1) is 10.6. The third-order valence-corrected chi connectivity index (χ3v) is 2.82. The van der Waals surface area contributed by atoms with Gasteiger partial charge in [-0.15, -0.1) is 0 Å². The fraction of sp³-hybridized carbons (Fsp3) is 0.188. The molecule has 0 radical (unpaired) electrons. The summed E-state index contributed by atoms with van der Waals surface area (Å²) in [5.41, 5.74) is 2.34. The minimum Gasteiger partial charge on any atom is -0.354 e. The number of nitrogens with one attached hydrogen (secondary N) is 3. The summed E-state index contributed by atoms with van der Waals surface area (Å²) in [6, 6.07) is 10.9. The Kier molecular flexibility index (Phi) is 5.08. The van der Waals surface area contributed by atoms with Gasteiger partial charge < -0.3 is 16.0 Å². The number of benzene rings is 1. The van der Waals surface area contributed by atoms with Crippen LogP contribution in [0.4, 0.5) is 22.9 Å². The molecule has 0 saturated carbocycles. The van der Waals surface area contributed by atoms with E-state index in [9.17, 15) is 9.59 Å². The molecular formula is C16H18N4O2. The second kappa shape index (κ2) is 7.21. The van der Waals surface area contributed by atoms with Gasteiger partial charge in [0.25, 0.3) is 0 Å². The number of hydrogen-bond donors (Lipinski definition) is 3. The van der Waals surface area contributed by atoms with E-state index < -0.39 is 0 Å². The van der Waals surface area contributed by atoms with E-state index in [2.05, 4.69) is 20.9 Å². The van der Waals surface area contributed by atoms with E-state index in [4.69, 9.17) is 0 Å². The second-order valence-corrected chi connectivity index (χ2v) is 4.72. The molecule has 114 valence electrons. The Hall–Kier alpha value is -2.89. The average Bonchev–Trinajstić information content (AvgIpc) is 2.49. The van der Waals surface area contributed by atoms with Gasteiger partial charge in [0.15, 0.2) is 0 Å². The molecule has 0 spiro atoms. The molecule has 22 heavy (non-hydrogen) atoms. The molecule has 2 rings (SSSR count). The zero-order chi connectivity index (χ0) is 15.9. The normalized spacial score (nSPS) is 9.91. The lowest BCUT2D eigenvalue weighted by atomic mass is 10.2. The van der Waals surface area contributed by atoms with Crippen LogP contribution in [0, 0.1) is 0 Å². The van der Waals surface area contributed by atoms with Crippen LogP contribution in [0.5, 0.6) is 0 Å². The molecule has 1 aromatic heterocycles. The molecular weight excluding hydrogens is 280 g/mol. The molecule has 1 aromatic carbocycles. The number of nitrogens with zero attached hydrogens (tertiary/aromatic N) is 1. The fourth-order valence-corrected chi connectivity index (χ4v) is 1.82. The molecule has 0 fully saturated rings. The number of pyridine rings is 1. The highest BCUT2D eigenvalue weighted by Gasteiger charge is 2.02. The van der Waals surface area contributed by atoms with Crippen molar-refractivity contribution in [3.05, 3.63) is 42.6 Å². The quantitative estimate of drug-likeness (QED) is 0.792. The molecule has 2 amide bonds. The summed E-state index contributed by atoms with van der Waals surface area (Å²) in [5.74, 6) is 0.329. The van der Waals surface area contributed by atoms with E-state index >= 15 is 0 Å². The highest BCUT2D eigenvalue weighted by atomic mass is 16.2.